The molecule has 0 aliphatic carbocycles. The summed E-state index contributed by atoms with van der Waals surface area (Å²) in [5, 5.41) is 3.01. The molecule has 0 aliphatic rings. The lowest BCUT2D eigenvalue weighted by Crippen LogP contribution is -2.25. The molecule has 0 heterocycles. The van der Waals surface area contributed by atoms with Crippen molar-refractivity contribution >= 4 is 33.2 Å². The van der Waals surface area contributed by atoms with Crippen molar-refractivity contribution in [1.29, 1.82) is 0 Å². The second-order valence-electron chi connectivity index (χ2n) is 7.32. The lowest BCUT2D eigenvalue weighted by atomic mass is 10.1. The first-order valence-corrected chi connectivity index (χ1v) is 11.9. The highest BCUT2D eigenvalue weighted by molar-refractivity contribution is 7.92. The van der Waals surface area contributed by atoms with E-state index in [-0.39, 0.29) is 27.1 Å². The summed E-state index contributed by atoms with van der Waals surface area (Å²) in [6.07, 6.45) is 1.59. The lowest BCUT2D eigenvalue weighted by Gasteiger charge is -2.11. The monoisotopic (exact) mass is 472 g/mol. The van der Waals surface area contributed by atoms with Gasteiger partial charge in [0.25, 0.3) is 15.9 Å². The van der Waals surface area contributed by atoms with Crippen molar-refractivity contribution in [3.63, 3.8) is 0 Å². The van der Waals surface area contributed by atoms with Crippen molar-refractivity contribution in [2.24, 2.45) is 0 Å². The van der Waals surface area contributed by atoms with Gasteiger partial charge in [0.1, 0.15) is 5.75 Å². The molecule has 0 saturated heterocycles. The first-order valence-electron chi connectivity index (χ1n) is 10.1. The molecular formula is C24H25ClN2O4S. The van der Waals surface area contributed by atoms with Crippen molar-refractivity contribution < 1.29 is 17.9 Å². The van der Waals surface area contributed by atoms with Crippen LogP contribution in [0.3, 0.4) is 0 Å². The van der Waals surface area contributed by atoms with Crippen LogP contribution in [0, 0.1) is 6.92 Å². The van der Waals surface area contributed by atoms with Gasteiger partial charge in [-0.2, -0.15) is 0 Å². The Hall–Kier alpha value is -3.03. The number of hydrogen-bond donors (Lipinski definition) is 2. The molecular weight excluding hydrogens is 448 g/mol. The zero-order chi connectivity index (χ0) is 23.1. The molecule has 6 nitrogen and oxygen atoms in total. The second kappa shape index (κ2) is 10.5. The minimum Gasteiger partial charge on any atom is -0.497 e. The Morgan fingerprint density at radius 2 is 1.69 bits per heavy atom. The number of aryl methyl sites for hydroxylation is 2. The molecule has 0 fully saturated rings. The average molecular weight is 473 g/mol. The maximum atomic E-state index is 12.5. The number of ether oxygens (including phenoxy) is 1. The molecule has 0 saturated carbocycles. The maximum Gasteiger partial charge on any atom is 0.261 e. The molecule has 1 amide bonds. The molecule has 3 rings (SSSR count). The molecule has 8 heteroatoms. The van der Waals surface area contributed by atoms with E-state index in [0.717, 1.165) is 29.7 Å². The molecule has 0 radical (unpaired) electrons. The summed E-state index contributed by atoms with van der Waals surface area (Å²) in [6.45, 7) is 2.37. The van der Waals surface area contributed by atoms with E-state index < -0.39 is 10.0 Å². The van der Waals surface area contributed by atoms with Crippen LogP contribution in [0.1, 0.15) is 27.9 Å². The third-order valence-corrected chi connectivity index (χ3v) is 6.59. The Bertz CT molecular complexity index is 1180. The van der Waals surface area contributed by atoms with Gasteiger partial charge in [-0.3, -0.25) is 9.52 Å². The van der Waals surface area contributed by atoms with E-state index in [0.29, 0.717) is 6.54 Å². The third-order valence-electron chi connectivity index (χ3n) is 4.88. The summed E-state index contributed by atoms with van der Waals surface area (Å²) in [5.41, 5.74) is 2.69. The van der Waals surface area contributed by atoms with Crippen LogP contribution in [0.25, 0.3) is 0 Å². The van der Waals surface area contributed by atoms with Crippen LogP contribution >= 0.6 is 11.6 Å². The number of anilines is 1. The van der Waals surface area contributed by atoms with Gasteiger partial charge < -0.3 is 10.1 Å². The van der Waals surface area contributed by atoms with Gasteiger partial charge in [0.05, 0.1) is 28.3 Å². The van der Waals surface area contributed by atoms with E-state index in [1.807, 2.05) is 31.2 Å². The van der Waals surface area contributed by atoms with Gasteiger partial charge in [-0.15, -0.1) is 0 Å². The highest BCUT2D eigenvalue weighted by Gasteiger charge is 2.16. The number of benzene rings is 3. The third kappa shape index (κ3) is 6.24. The second-order valence-corrected chi connectivity index (χ2v) is 9.41. The Labute approximate surface area is 193 Å². The largest absolute Gasteiger partial charge is 0.497 e. The normalized spacial score (nSPS) is 11.1. The highest BCUT2D eigenvalue weighted by Crippen LogP contribution is 2.23. The van der Waals surface area contributed by atoms with E-state index in [2.05, 4.69) is 10.0 Å². The lowest BCUT2D eigenvalue weighted by molar-refractivity contribution is 0.0953. The summed E-state index contributed by atoms with van der Waals surface area (Å²) in [7, 11) is -2.12. The molecule has 3 aromatic rings. The van der Waals surface area contributed by atoms with Gasteiger partial charge in [0.15, 0.2) is 0 Å². The van der Waals surface area contributed by atoms with Gasteiger partial charge in [-0.1, -0.05) is 41.4 Å². The molecule has 0 spiro atoms. The van der Waals surface area contributed by atoms with Crippen molar-refractivity contribution in [3.05, 3.63) is 88.4 Å². The quantitative estimate of drug-likeness (QED) is 0.437. The molecule has 0 aromatic heterocycles. The molecule has 0 aliphatic heterocycles. The number of sulfonamides is 1. The fourth-order valence-electron chi connectivity index (χ4n) is 3.08. The summed E-state index contributed by atoms with van der Waals surface area (Å²) in [6, 6.07) is 18.8. The number of carbonyl (C=O) groups excluding carboxylic acids is 1. The minimum absolute atomic E-state index is 0.151. The minimum atomic E-state index is -3.75. The van der Waals surface area contributed by atoms with Gasteiger partial charge in [-0.25, -0.2) is 8.42 Å². The fraction of sp³-hybridized carbons (Fsp3) is 0.208. The Kier molecular flexibility index (Phi) is 7.77. The summed E-state index contributed by atoms with van der Waals surface area (Å²) in [4.78, 5) is 12.6. The van der Waals surface area contributed by atoms with Crippen molar-refractivity contribution in [1.82, 2.24) is 5.32 Å². The first-order chi connectivity index (χ1) is 15.3. The van der Waals surface area contributed by atoms with Crippen molar-refractivity contribution in [2.75, 3.05) is 18.4 Å². The highest BCUT2D eigenvalue weighted by atomic mass is 35.5. The Morgan fingerprint density at radius 1 is 1.00 bits per heavy atom. The van der Waals surface area contributed by atoms with Crippen LogP contribution in [0.5, 0.6) is 5.75 Å². The standard InChI is InChI=1S/C24H25ClN2O4S/c1-17-5-12-21(13-6-17)32(29,30)27-19-9-14-22(23(25)16-19)24(28)26-15-3-4-18-7-10-20(31-2)11-8-18/h5-14,16,27H,3-4,15H2,1-2H3,(H,26,28). The van der Waals surface area contributed by atoms with Crippen LogP contribution in [0.15, 0.2) is 71.6 Å². The SMILES string of the molecule is COc1ccc(CCCNC(=O)c2ccc(NS(=O)(=O)c3ccc(C)cc3)cc2Cl)cc1. The first kappa shape index (κ1) is 23.6. The van der Waals surface area contributed by atoms with Crippen LogP contribution in [0.2, 0.25) is 5.02 Å². The average Bonchev–Trinajstić information content (AvgIpc) is 2.77. The molecule has 0 unspecified atom stereocenters. The predicted octanol–water partition coefficient (Wildman–Crippen LogP) is 4.82. The zero-order valence-electron chi connectivity index (χ0n) is 17.9. The van der Waals surface area contributed by atoms with Crippen LogP contribution in [-0.4, -0.2) is 28.0 Å². The van der Waals surface area contributed by atoms with E-state index in [9.17, 15) is 13.2 Å². The number of methoxy groups -OCH3 is 1. The fourth-order valence-corrected chi connectivity index (χ4v) is 4.39. The summed E-state index contributed by atoms with van der Waals surface area (Å²) < 4.78 is 32.7. The van der Waals surface area contributed by atoms with E-state index in [1.165, 1.54) is 30.3 Å². The van der Waals surface area contributed by atoms with Gasteiger partial charge in [0, 0.05) is 6.54 Å². The molecule has 0 bridgehead atoms. The van der Waals surface area contributed by atoms with E-state index in [4.69, 9.17) is 16.3 Å². The summed E-state index contributed by atoms with van der Waals surface area (Å²) in [5.74, 6) is 0.499. The number of halogens is 1. The van der Waals surface area contributed by atoms with Gasteiger partial charge >= 0.3 is 0 Å². The van der Waals surface area contributed by atoms with Crippen molar-refractivity contribution in [2.45, 2.75) is 24.7 Å². The molecule has 2 N–H and O–H groups in total. The van der Waals surface area contributed by atoms with Gasteiger partial charge in [-0.05, 0) is 67.8 Å². The van der Waals surface area contributed by atoms with E-state index in [1.54, 1.807) is 19.2 Å². The number of rotatable bonds is 9. The van der Waals surface area contributed by atoms with Gasteiger partial charge in [0.2, 0.25) is 0 Å². The topological polar surface area (TPSA) is 84.5 Å². The molecule has 0 atom stereocenters. The zero-order valence-corrected chi connectivity index (χ0v) is 19.5. The predicted molar refractivity (Wildman–Crippen MR) is 127 cm³/mol. The van der Waals surface area contributed by atoms with Crippen LogP contribution in [-0.2, 0) is 16.4 Å². The maximum absolute atomic E-state index is 12.5. The Morgan fingerprint density at radius 3 is 2.31 bits per heavy atom. The molecule has 168 valence electrons. The van der Waals surface area contributed by atoms with Crippen molar-refractivity contribution in [3.8, 4) is 5.75 Å². The molecule has 3 aromatic carbocycles. The number of hydrogen-bond acceptors (Lipinski definition) is 4. The molecule has 32 heavy (non-hydrogen) atoms. The van der Waals surface area contributed by atoms with Crippen LogP contribution in [0.4, 0.5) is 5.69 Å². The number of amides is 1. The number of carbonyl (C=O) groups is 1. The van der Waals surface area contributed by atoms with Crippen LogP contribution < -0.4 is 14.8 Å². The summed E-state index contributed by atoms with van der Waals surface area (Å²) >= 11 is 6.25. The smallest absolute Gasteiger partial charge is 0.261 e. The Balaban J connectivity index is 1.55. The number of nitrogens with one attached hydrogen (secondary N) is 2. The van der Waals surface area contributed by atoms with E-state index >= 15 is 0 Å².